The highest BCUT2D eigenvalue weighted by molar-refractivity contribution is 5.71. The molecule has 1 rings (SSSR count). The number of hydrogen-bond acceptors (Lipinski definition) is 3. The number of rotatable bonds is 5. The molecule has 0 aliphatic carbocycles. The third kappa shape index (κ3) is 5.36. The molecule has 1 fully saturated rings. The number of nitrogens with zero attached hydrogens (tertiary/aromatic N) is 1. The van der Waals surface area contributed by atoms with Crippen LogP contribution < -0.4 is 5.32 Å². The van der Waals surface area contributed by atoms with Crippen molar-refractivity contribution in [2.45, 2.75) is 46.1 Å². The van der Waals surface area contributed by atoms with Gasteiger partial charge in [-0.1, -0.05) is 13.3 Å². The SMILES string of the molecule is CCCC[N+]1(CC(=O)OC(C)(C)C)CCNCC1. The Hall–Kier alpha value is -0.610. The van der Waals surface area contributed by atoms with Gasteiger partial charge in [0, 0.05) is 13.1 Å². The zero-order valence-corrected chi connectivity index (χ0v) is 12.4. The van der Waals surface area contributed by atoms with Crippen LogP contribution in [-0.4, -0.2) is 55.3 Å². The molecule has 0 bridgehead atoms. The van der Waals surface area contributed by atoms with Gasteiger partial charge in [-0.3, -0.25) is 0 Å². The maximum Gasteiger partial charge on any atom is 0.362 e. The van der Waals surface area contributed by atoms with E-state index in [1.54, 1.807) is 0 Å². The number of unbranched alkanes of at least 4 members (excludes halogenated alkanes) is 1. The summed E-state index contributed by atoms with van der Waals surface area (Å²) in [5, 5.41) is 3.37. The summed E-state index contributed by atoms with van der Waals surface area (Å²) in [5.74, 6) is -0.0551. The third-order valence-electron chi connectivity index (χ3n) is 3.40. The van der Waals surface area contributed by atoms with E-state index in [2.05, 4.69) is 12.2 Å². The molecule has 0 atom stereocenters. The minimum atomic E-state index is -0.375. The van der Waals surface area contributed by atoms with E-state index >= 15 is 0 Å². The standard InChI is InChI=1S/C14H29N2O2/c1-5-6-9-16(10-7-15-8-11-16)12-13(17)18-14(2,3)4/h15H,5-12H2,1-4H3/q+1. The van der Waals surface area contributed by atoms with Gasteiger partial charge in [0.15, 0.2) is 6.54 Å². The molecule has 4 heteroatoms. The number of carbonyl (C=O) groups is 1. The number of esters is 1. The molecule has 1 aliphatic heterocycles. The van der Waals surface area contributed by atoms with Crippen molar-refractivity contribution in [2.75, 3.05) is 39.3 Å². The molecule has 0 saturated carbocycles. The minimum absolute atomic E-state index is 0.0551. The summed E-state index contributed by atoms with van der Waals surface area (Å²) >= 11 is 0. The number of quaternary nitrogens is 1. The molecule has 4 nitrogen and oxygen atoms in total. The molecular weight excluding hydrogens is 228 g/mol. The number of piperazine rings is 1. The molecule has 1 heterocycles. The summed E-state index contributed by atoms with van der Waals surface area (Å²) in [6.07, 6.45) is 2.37. The lowest BCUT2D eigenvalue weighted by atomic mass is 10.2. The molecular formula is C14H29N2O2+. The molecule has 0 radical (unpaired) electrons. The lowest BCUT2D eigenvalue weighted by Gasteiger charge is -2.41. The molecule has 0 amide bonds. The molecule has 0 spiro atoms. The molecule has 0 aromatic rings. The van der Waals surface area contributed by atoms with Gasteiger partial charge in [-0.2, -0.15) is 0 Å². The van der Waals surface area contributed by atoms with Crippen LogP contribution in [-0.2, 0) is 9.53 Å². The topological polar surface area (TPSA) is 38.3 Å². The summed E-state index contributed by atoms with van der Waals surface area (Å²) in [6, 6.07) is 0. The monoisotopic (exact) mass is 257 g/mol. The minimum Gasteiger partial charge on any atom is -0.456 e. The van der Waals surface area contributed by atoms with Crippen molar-refractivity contribution in [3.05, 3.63) is 0 Å². The van der Waals surface area contributed by atoms with E-state index in [1.807, 2.05) is 20.8 Å². The predicted octanol–water partition coefficient (Wildman–Crippen LogP) is 1.55. The van der Waals surface area contributed by atoms with Crippen LogP contribution in [0.5, 0.6) is 0 Å². The van der Waals surface area contributed by atoms with Crippen LogP contribution in [0.3, 0.4) is 0 Å². The molecule has 0 unspecified atom stereocenters. The van der Waals surface area contributed by atoms with Crippen molar-refractivity contribution in [1.29, 1.82) is 0 Å². The Morgan fingerprint density at radius 1 is 1.28 bits per heavy atom. The van der Waals surface area contributed by atoms with Crippen molar-refractivity contribution < 1.29 is 14.0 Å². The Bertz CT molecular complexity index is 265. The first-order valence-electron chi connectivity index (χ1n) is 7.15. The Morgan fingerprint density at radius 2 is 1.89 bits per heavy atom. The first-order valence-corrected chi connectivity index (χ1v) is 7.15. The normalized spacial score (nSPS) is 19.6. The van der Waals surface area contributed by atoms with Gasteiger partial charge < -0.3 is 14.5 Å². The lowest BCUT2D eigenvalue weighted by Crippen LogP contribution is -2.61. The average Bonchev–Trinajstić information content (AvgIpc) is 2.25. The van der Waals surface area contributed by atoms with Gasteiger partial charge in [-0.05, 0) is 27.2 Å². The quantitative estimate of drug-likeness (QED) is 0.600. The van der Waals surface area contributed by atoms with Crippen LogP contribution in [0.1, 0.15) is 40.5 Å². The van der Waals surface area contributed by atoms with Gasteiger partial charge >= 0.3 is 5.97 Å². The Labute approximate surface area is 111 Å². The second-order valence-electron chi connectivity index (χ2n) is 6.36. The van der Waals surface area contributed by atoms with Gasteiger partial charge in [-0.15, -0.1) is 0 Å². The largest absolute Gasteiger partial charge is 0.456 e. The summed E-state index contributed by atoms with van der Waals surface area (Å²) < 4.78 is 6.37. The summed E-state index contributed by atoms with van der Waals surface area (Å²) in [7, 11) is 0. The van der Waals surface area contributed by atoms with E-state index in [9.17, 15) is 4.79 Å². The highest BCUT2D eigenvalue weighted by Gasteiger charge is 2.33. The van der Waals surface area contributed by atoms with Crippen molar-refractivity contribution in [3.63, 3.8) is 0 Å². The van der Waals surface area contributed by atoms with Crippen molar-refractivity contribution in [1.82, 2.24) is 5.32 Å². The van der Waals surface area contributed by atoms with Gasteiger partial charge in [0.2, 0.25) is 0 Å². The predicted molar refractivity (Wildman–Crippen MR) is 73.4 cm³/mol. The Morgan fingerprint density at radius 3 is 2.39 bits per heavy atom. The first kappa shape index (κ1) is 15.4. The second kappa shape index (κ2) is 6.53. The van der Waals surface area contributed by atoms with Crippen LogP contribution in [0.25, 0.3) is 0 Å². The number of nitrogens with one attached hydrogen (secondary N) is 1. The van der Waals surface area contributed by atoms with Crippen LogP contribution in [0.15, 0.2) is 0 Å². The van der Waals surface area contributed by atoms with E-state index in [1.165, 1.54) is 12.8 Å². The molecule has 0 aromatic heterocycles. The third-order valence-corrected chi connectivity index (χ3v) is 3.40. The summed E-state index contributed by atoms with van der Waals surface area (Å²) in [5.41, 5.74) is -0.375. The number of hydrogen-bond donors (Lipinski definition) is 1. The van der Waals surface area contributed by atoms with E-state index in [0.717, 1.165) is 37.2 Å². The zero-order chi connectivity index (χ0) is 13.6. The van der Waals surface area contributed by atoms with Gasteiger partial charge in [0.1, 0.15) is 5.60 Å². The fraction of sp³-hybridized carbons (Fsp3) is 0.929. The Balaban J connectivity index is 2.57. The highest BCUT2D eigenvalue weighted by atomic mass is 16.6. The van der Waals surface area contributed by atoms with Crippen LogP contribution in [0, 0.1) is 0 Å². The summed E-state index contributed by atoms with van der Waals surface area (Å²) in [6.45, 7) is 13.7. The first-order chi connectivity index (χ1) is 8.37. The van der Waals surface area contributed by atoms with Crippen LogP contribution in [0.2, 0.25) is 0 Å². The molecule has 18 heavy (non-hydrogen) atoms. The van der Waals surface area contributed by atoms with Crippen molar-refractivity contribution in [2.24, 2.45) is 0 Å². The maximum atomic E-state index is 12.0. The number of carbonyl (C=O) groups excluding carboxylic acids is 1. The van der Waals surface area contributed by atoms with Gasteiger partial charge in [0.05, 0.1) is 19.6 Å². The van der Waals surface area contributed by atoms with Crippen molar-refractivity contribution >= 4 is 5.97 Å². The fourth-order valence-electron chi connectivity index (χ4n) is 2.47. The van der Waals surface area contributed by atoms with E-state index < -0.39 is 0 Å². The second-order valence-corrected chi connectivity index (χ2v) is 6.36. The van der Waals surface area contributed by atoms with E-state index in [0.29, 0.717) is 6.54 Å². The van der Waals surface area contributed by atoms with Crippen molar-refractivity contribution in [3.8, 4) is 0 Å². The molecule has 1 aliphatic rings. The fourth-order valence-corrected chi connectivity index (χ4v) is 2.47. The molecule has 1 N–H and O–H groups in total. The lowest BCUT2D eigenvalue weighted by molar-refractivity contribution is -0.923. The van der Waals surface area contributed by atoms with Gasteiger partial charge in [-0.25, -0.2) is 4.79 Å². The number of ether oxygens (including phenoxy) is 1. The van der Waals surface area contributed by atoms with Gasteiger partial charge in [0.25, 0.3) is 0 Å². The molecule has 1 saturated heterocycles. The van der Waals surface area contributed by atoms with Crippen LogP contribution >= 0.6 is 0 Å². The Kier molecular flexibility index (Phi) is 5.60. The average molecular weight is 257 g/mol. The van der Waals surface area contributed by atoms with Crippen LogP contribution in [0.4, 0.5) is 0 Å². The summed E-state index contributed by atoms with van der Waals surface area (Å²) in [4.78, 5) is 12.0. The molecule has 0 aromatic carbocycles. The highest BCUT2D eigenvalue weighted by Crippen LogP contribution is 2.14. The zero-order valence-electron chi connectivity index (χ0n) is 12.4. The van der Waals surface area contributed by atoms with E-state index in [-0.39, 0.29) is 11.6 Å². The molecule has 106 valence electrons. The smallest absolute Gasteiger partial charge is 0.362 e. The maximum absolute atomic E-state index is 12.0. The van der Waals surface area contributed by atoms with E-state index in [4.69, 9.17) is 4.74 Å².